The van der Waals surface area contributed by atoms with Gasteiger partial charge in [-0.3, -0.25) is 4.79 Å². The Morgan fingerprint density at radius 3 is 1.77 bits per heavy atom. The van der Waals surface area contributed by atoms with Crippen molar-refractivity contribution in [3.05, 3.63) is 71.8 Å². The van der Waals surface area contributed by atoms with Crippen LogP contribution in [0.3, 0.4) is 0 Å². The summed E-state index contributed by atoms with van der Waals surface area (Å²) in [5, 5.41) is 11.8. The summed E-state index contributed by atoms with van der Waals surface area (Å²) in [6, 6.07) is 18.9. The molecule has 0 saturated carbocycles. The van der Waals surface area contributed by atoms with Gasteiger partial charge in [-0.1, -0.05) is 60.7 Å². The Bertz CT molecular complexity index is 1190. The lowest BCUT2D eigenvalue weighted by molar-refractivity contribution is -0.143. The number of amides is 3. The van der Waals surface area contributed by atoms with Crippen molar-refractivity contribution in [1.82, 2.24) is 15.1 Å². The third-order valence-corrected chi connectivity index (χ3v) is 6.84. The highest BCUT2D eigenvalue weighted by Crippen LogP contribution is 2.18. The topological polar surface area (TPSA) is 135 Å². The summed E-state index contributed by atoms with van der Waals surface area (Å²) in [6.45, 7) is 7.81. The number of benzene rings is 2. The summed E-state index contributed by atoms with van der Waals surface area (Å²) in [5.41, 5.74) is 1.33. The molecule has 2 N–H and O–H groups in total. The minimum absolute atomic E-state index is 0.113. The van der Waals surface area contributed by atoms with E-state index in [0.717, 1.165) is 24.0 Å². The zero-order valence-corrected chi connectivity index (χ0v) is 25.2. The lowest BCUT2D eigenvalue weighted by Crippen LogP contribution is -2.50. The van der Waals surface area contributed by atoms with Gasteiger partial charge in [-0.25, -0.2) is 14.4 Å². The first-order valence-corrected chi connectivity index (χ1v) is 14.6. The molecule has 0 aromatic heterocycles. The molecule has 2 heterocycles. The maximum atomic E-state index is 12.2. The van der Waals surface area contributed by atoms with Gasteiger partial charge in [-0.2, -0.15) is 0 Å². The van der Waals surface area contributed by atoms with E-state index in [4.69, 9.17) is 19.3 Å². The molecule has 234 valence electrons. The number of piperidine rings is 2. The molecule has 11 heteroatoms. The highest BCUT2D eigenvalue weighted by atomic mass is 16.6. The van der Waals surface area contributed by atoms with Crippen LogP contribution >= 0.6 is 0 Å². The largest absolute Gasteiger partial charge is 0.481 e. The number of rotatable bonds is 6. The second-order valence-corrected chi connectivity index (χ2v) is 11.6. The van der Waals surface area contributed by atoms with Crippen LogP contribution < -0.4 is 5.32 Å². The van der Waals surface area contributed by atoms with Gasteiger partial charge in [0.05, 0.1) is 5.92 Å². The number of likely N-dealkylation sites (tertiary alicyclic amines) is 2. The molecular formula is C32H43N3O8. The Hall–Kier alpha value is -4.28. The average Bonchev–Trinajstić information content (AvgIpc) is 2.99. The highest BCUT2D eigenvalue weighted by molar-refractivity contribution is 5.73. The number of carboxylic acids is 1. The quantitative estimate of drug-likeness (QED) is 0.421. The molecule has 0 spiro atoms. The standard InChI is InChI=1S/C18H26N2O4.C14H17NO4/c1-18(2,3)24-16(21)19-15-10-7-11-20(12-15)17(22)23-13-14-8-5-4-6-9-14;16-13(17)12-7-4-8-15(9-12)14(18)19-10-11-5-2-1-3-6-11/h4-6,8-9,15H,7,10-13H2,1-3H3,(H,19,21);1-3,5-6,12H,4,7-10H2,(H,16,17). The normalized spacial score (nSPS) is 18.4. The maximum absolute atomic E-state index is 12.2. The monoisotopic (exact) mass is 597 g/mol. The molecule has 2 saturated heterocycles. The first kappa shape index (κ1) is 33.2. The number of alkyl carbamates (subject to hydrolysis) is 1. The lowest BCUT2D eigenvalue weighted by Gasteiger charge is -2.33. The fraction of sp³-hybridized carbons (Fsp3) is 0.500. The van der Waals surface area contributed by atoms with Gasteiger partial charge in [0.15, 0.2) is 0 Å². The molecule has 3 amide bonds. The molecule has 2 unspecified atom stereocenters. The molecule has 0 bridgehead atoms. The van der Waals surface area contributed by atoms with Crippen molar-refractivity contribution in [2.75, 3.05) is 26.2 Å². The van der Waals surface area contributed by atoms with Gasteiger partial charge in [0, 0.05) is 32.2 Å². The minimum atomic E-state index is -0.847. The number of carbonyl (C=O) groups is 4. The Labute approximate surface area is 253 Å². The fourth-order valence-electron chi connectivity index (χ4n) is 4.70. The van der Waals surface area contributed by atoms with Crippen LogP contribution in [-0.4, -0.2) is 77.0 Å². The van der Waals surface area contributed by atoms with Gasteiger partial charge >= 0.3 is 24.2 Å². The molecule has 0 radical (unpaired) electrons. The summed E-state index contributed by atoms with van der Waals surface area (Å²) in [6.07, 6.45) is 1.73. The van der Waals surface area contributed by atoms with Crippen LogP contribution in [0.15, 0.2) is 60.7 Å². The summed E-state index contributed by atoms with van der Waals surface area (Å²) in [5.74, 6) is -1.32. The Morgan fingerprint density at radius 2 is 1.28 bits per heavy atom. The van der Waals surface area contributed by atoms with Crippen molar-refractivity contribution in [2.24, 2.45) is 5.92 Å². The van der Waals surface area contributed by atoms with Gasteiger partial charge < -0.3 is 34.4 Å². The number of nitrogens with zero attached hydrogens (tertiary/aromatic N) is 2. The van der Waals surface area contributed by atoms with Crippen LogP contribution in [0.4, 0.5) is 14.4 Å². The Kier molecular flexibility index (Phi) is 12.7. The van der Waals surface area contributed by atoms with Crippen LogP contribution in [0.25, 0.3) is 0 Å². The van der Waals surface area contributed by atoms with E-state index in [9.17, 15) is 19.2 Å². The van der Waals surface area contributed by atoms with Crippen molar-refractivity contribution in [2.45, 2.75) is 71.3 Å². The van der Waals surface area contributed by atoms with Gasteiger partial charge in [0.1, 0.15) is 18.8 Å². The molecule has 2 atom stereocenters. The smallest absolute Gasteiger partial charge is 0.410 e. The van der Waals surface area contributed by atoms with Crippen molar-refractivity contribution in [1.29, 1.82) is 0 Å². The SMILES string of the molecule is CC(C)(C)OC(=O)NC1CCCN(C(=O)OCc2ccccc2)C1.O=C(O)C1CCCN(C(=O)OCc2ccccc2)C1. The molecule has 2 aliphatic rings. The molecule has 0 aliphatic carbocycles. The zero-order valence-electron chi connectivity index (χ0n) is 25.2. The van der Waals surface area contributed by atoms with E-state index in [-0.39, 0.29) is 31.9 Å². The first-order chi connectivity index (χ1) is 20.5. The minimum Gasteiger partial charge on any atom is -0.481 e. The lowest BCUT2D eigenvalue weighted by atomic mass is 9.99. The molecular weight excluding hydrogens is 554 g/mol. The Morgan fingerprint density at radius 1 is 0.791 bits per heavy atom. The van der Waals surface area contributed by atoms with Crippen molar-refractivity contribution in [3.63, 3.8) is 0 Å². The molecule has 43 heavy (non-hydrogen) atoms. The predicted octanol–water partition coefficient (Wildman–Crippen LogP) is 5.43. The molecule has 2 aromatic carbocycles. The van der Waals surface area contributed by atoms with E-state index in [1.165, 1.54) is 4.90 Å². The van der Waals surface area contributed by atoms with E-state index in [0.29, 0.717) is 32.5 Å². The molecule has 11 nitrogen and oxygen atoms in total. The number of nitrogens with one attached hydrogen (secondary N) is 1. The van der Waals surface area contributed by atoms with E-state index < -0.39 is 29.7 Å². The van der Waals surface area contributed by atoms with E-state index in [2.05, 4.69) is 5.32 Å². The van der Waals surface area contributed by atoms with Crippen LogP contribution in [0.1, 0.15) is 57.6 Å². The average molecular weight is 598 g/mol. The van der Waals surface area contributed by atoms with E-state index in [1.807, 2.05) is 81.4 Å². The second-order valence-electron chi connectivity index (χ2n) is 11.6. The molecule has 2 fully saturated rings. The zero-order chi connectivity index (χ0) is 31.2. The van der Waals surface area contributed by atoms with E-state index >= 15 is 0 Å². The molecule has 4 rings (SSSR count). The van der Waals surface area contributed by atoms with Gasteiger partial charge in [-0.05, 0) is 57.6 Å². The van der Waals surface area contributed by atoms with Crippen LogP contribution in [-0.2, 0) is 32.2 Å². The van der Waals surface area contributed by atoms with Gasteiger partial charge in [-0.15, -0.1) is 0 Å². The van der Waals surface area contributed by atoms with Crippen LogP contribution in [0.2, 0.25) is 0 Å². The third kappa shape index (κ3) is 12.2. The number of carboxylic acid groups (broad SMARTS) is 1. The Balaban J connectivity index is 0.000000242. The number of hydrogen-bond donors (Lipinski definition) is 2. The summed E-state index contributed by atoms with van der Waals surface area (Å²) < 4.78 is 15.8. The van der Waals surface area contributed by atoms with Crippen molar-refractivity contribution >= 4 is 24.2 Å². The first-order valence-electron chi connectivity index (χ1n) is 14.6. The van der Waals surface area contributed by atoms with Crippen LogP contribution in [0.5, 0.6) is 0 Å². The van der Waals surface area contributed by atoms with Crippen molar-refractivity contribution < 1.29 is 38.5 Å². The third-order valence-electron chi connectivity index (χ3n) is 6.84. The van der Waals surface area contributed by atoms with Gasteiger partial charge in [0.2, 0.25) is 0 Å². The predicted molar refractivity (Wildman–Crippen MR) is 159 cm³/mol. The fourth-order valence-corrected chi connectivity index (χ4v) is 4.70. The molecule has 2 aliphatic heterocycles. The molecule has 2 aromatic rings. The summed E-state index contributed by atoms with van der Waals surface area (Å²) >= 11 is 0. The summed E-state index contributed by atoms with van der Waals surface area (Å²) in [4.78, 5) is 49.9. The number of hydrogen-bond acceptors (Lipinski definition) is 7. The highest BCUT2D eigenvalue weighted by Gasteiger charge is 2.29. The van der Waals surface area contributed by atoms with Crippen molar-refractivity contribution in [3.8, 4) is 0 Å². The maximum Gasteiger partial charge on any atom is 0.410 e. The van der Waals surface area contributed by atoms with Crippen LogP contribution in [0, 0.1) is 5.92 Å². The second kappa shape index (κ2) is 16.4. The summed E-state index contributed by atoms with van der Waals surface area (Å²) in [7, 11) is 0. The van der Waals surface area contributed by atoms with Gasteiger partial charge in [0.25, 0.3) is 0 Å². The number of aliphatic carboxylic acids is 1. The number of carbonyl (C=O) groups excluding carboxylic acids is 3. The van der Waals surface area contributed by atoms with E-state index in [1.54, 1.807) is 4.90 Å². The number of ether oxygens (including phenoxy) is 3.